The zero-order valence-electron chi connectivity index (χ0n) is 10.1. The van der Waals surface area contributed by atoms with Crippen molar-refractivity contribution in [3.63, 3.8) is 0 Å². The summed E-state index contributed by atoms with van der Waals surface area (Å²) in [5.41, 5.74) is 1.78. The summed E-state index contributed by atoms with van der Waals surface area (Å²) < 4.78 is 0. The maximum absolute atomic E-state index is 10.5. The van der Waals surface area contributed by atoms with E-state index < -0.39 is 10.9 Å². The summed E-state index contributed by atoms with van der Waals surface area (Å²) in [4.78, 5) is 20.6. The van der Waals surface area contributed by atoms with Crippen molar-refractivity contribution in [3.05, 3.63) is 46.0 Å². The minimum absolute atomic E-state index is 0.0350. The van der Waals surface area contributed by atoms with Crippen LogP contribution < -0.4 is 0 Å². The molecular weight excluding hydrogens is 234 g/mol. The minimum Gasteiger partial charge on any atom is -0.481 e. The molecule has 0 spiro atoms. The van der Waals surface area contributed by atoms with Gasteiger partial charge >= 0.3 is 5.97 Å². The van der Waals surface area contributed by atoms with E-state index in [4.69, 9.17) is 5.11 Å². The number of nitro benzene ring substituents is 1. The van der Waals surface area contributed by atoms with Gasteiger partial charge in [0, 0.05) is 12.1 Å². The van der Waals surface area contributed by atoms with Crippen LogP contribution in [-0.4, -0.2) is 16.0 Å². The Morgan fingerprint density at radius 3 is 2.44 bits per heavy atom. The number of allylic oxidation sites excluding steroid dienone is 1. The van der Waals surface area contributed by atoms with E-state index in [1.165, 1.54) is 12.1 Å². The third-order valence-corrected chi connectivity index (χ3v) is 2.49. The van der Waals surface area contributed by atoms with Gasteiger partial charge in [0.1, 0.15) is 0 Å². The number of carboxylic acid groups (broad SMARTS) is 1. The fourth-order valence-electron chi connectivity index (χ4n) is 1.64. The molecule has 0 unspecified atom stereocenters. The second kappa shape index (κ2) is 6.54. The van der Waals surface area contributed by atoms with Crippen LogP contribution in [-0.2, 0) is 4.79 Å². The molecule has 1 aromatic carbocycles. The number of benzene rings is 1. The average Bonchev–Trinajstić information content (AvgIpc) is 2.34. The molecule has 1 N–H and O–H groups in total. The summed E-state index contributed by atoms with van der Waals surface area (Å²) in [6.45, 7) is 2.00. The van der Waals surface area contributed by atoms with Crippen LogP contribution in [0.2, 0.25) is 0 Å². The average molecular weight is 249 g/mol. The van der Waals surface area contributed by atoms with E-state index in [2.05, 4.69) is 0 Å². The normalized spacial score (nSPS) is 11.3. The van der Waals surface area contributed by atoms with Crippen molar-refractivity contribution in [2.45, 2.75) is 26.2 Å². The van der Waals surface area contributed by atoms with Crippen LogP contribution in [0.15, 0.2) is 30.3 Å². The third kappa shape index (κ3) is 4.01. The summed E-state index contributed by atoms with van der Waals surface area (Å²) in [5, 5.41) is 19.2. The van der Waals surface area contributed by atoms with Gasteiger partial charge in [-0.05, 0) is 29.7 Å². The smallest absolute Gasteiger partial charge is 0.307 e. The van der Waals surface area contributed by atoms with Crippen molar-refractivity contribution in [1.82, 2.24) is 0 Å². The molecule has 1 aromatic rings. The molecule has 0 aromatic heterocycles. The number of hydrogen-bond acceptors (Lipinski definition) is 3. The van der Waals surface area contributed by atoms with E-state index in [-0.39, 0.29) is 12.1 Å². The molecule has 0 amide bonds. The van der Waals surface area contributed by atoms with Crippen molar-refractivity contribution >= 4 is 17.2 Å². The van der Waals surface area contributed by atoms with Crippen LogP contribution in [0.5, 0.6) is 0 Å². The predicted octanol–water partition coefficient (Wildman–Crippen LogP) is 3.25. The van der Waals surface area contributed by atoms with E-state index >= 15 is 0 Å². The van der Waals surface area contributed by atoms with Crippen molar-refractivity contribution in [1.29, 1.82) is 0 Å². The van der Waals surface area contributed by atoms with Crippen LogP contribution >= 0.6 is 0 Å². The van der Waals surface area contributed by atoms with Gasteiger partial charge in [0.15, 0.2) is 0 Å². The van der Waals surface area contributed by atoms with Crippen LogP contribution in [0.1, 0.15) is 31.7 Å². The fourth-order valence-corrected chi connectivity index (χ4v) is 1.64. The maximum Gasteiger partial charge on any atom is 0.307 e. The van der Waals surface area contributed by atoms with E-state index in [0.717, 1.165) is 24.0 Å². The first kappa shape index (κ1) is 13.9. The lowest BCUT2D eigenvalue weighted by Gasteiger charge is -2.06. The lowest BCUT2D eigenvalue weighted by molar-refractivity contribution is -0.384. The summed E-state index contributed by atoms with van der Waals surface area (Å²) >= 11 is 0. The van der Waals surface area contributed by atoms with Crippen molar-refractivity contribution in [2.24, 2.45) is 0 Å². The van der Waals surface area contributed by atoms with Crippen molar-refractivity contribution in [2.75, 3.05) is 0 Å². The molecule has 0 saturated heterocycles. The Balaban J connectivity index is 2.95. The number of carboxylic acids is 1. The highest BCUT2D eigenvalue weighted by molar-refractivity contribution is 5.74. The molecule has 0 heterocycles. The first-order chi connectivity index (χ1) is 8.54. The van der Waals surface area contributed by atoms with E-state index in [1.807, 2.05) is 6.92 Å². The summed E-state index contributed by atoms with van der Waals surface area (Å²) in [6.07, 6.45) is 3.27. The highest BCUT2D eigenvalue weighted by Gasteiger charge is 2.07. The molecular formula is C13H15NO4. The molecule has 5 heteroatoms. The molecule has 0 fully saturated rings. The molecule has 0 aliphatic carbocycles. The van der Waals surface area contributed by atoms with E-state index in [1.54, 1.807) is 18.2 Å². The van der Waals surface area contributed by atoms with Gasteiger partial charge in [-0.2, -0.15) is 0 Å². The van der Waals surface area contributed by atoms with Gasteiger partial charge in [-0.25, -0.2) is 0 Å². The van der Waals surface area contributed by atoms with Crippen LogP contribution in [0, 0.1) is 10.1 Å². The maximum atomic E-state index is 10.5. The fraction of sp³-hybridized carbons (Fsp3) is 0.308. The van der Waals surface area contributed by atoms with Gasteiger partial charge in [0.05, 0.1) is 11.3 Å². The Kier molecular flexibility index (Phi) is 5.05. The Morgan fingerprint density at radius 2 is 2.00 bits per heavy atom. The molecule has 0 atom stereocenters. The molecule has 1 rings (SSSR count). The van der Waals surface area contributed by atoms with Crippen LogP contribution in [0.25, 0.3) is 5.57 Å². The van der Waals surface area contributed by atoms with E-state index in [9.17, 15) is 14.9 Å². The molecule has 96 valence electrons. The quantitative estimate of drug-likeness (QED) is 0.619. The van der Waals surface area contributed by atoms with Gasteiger partial charge in [-0.15, -0.1) is 0 Å². The van der Waals surface area contributed by atoms with Crippen LogP contribution in [0.4, 0.5) is 5.69 Å². The van der Waals surface area contributed by atoms with Gasteiger partial charge in [-0.1, -0.05) is 19.4 Å². The van der Waals surface area contributed by atoms with Gasteiger partial charge < -0.3 is 5.11 Å². The molecule has 0 aliphatic heterocycles. The summed E-state index contributed by atoms with van der Waals surface area (Å²) in [7, 11) is 0. The highest BCUT2D eigenvalue weighted by atomic mass is 16.6. The van der Waals surface area contributed by atoms with Crippen LogP contribution in [0.3, 0.4) is 0 Å². The van der Waals surface area contributed by atoms with Gasteiger partial charge in [-0.3, -0.25) is 14.9 Å². The Morgan fingerprint density at radius 1 is 1.39 bits per heavy atom. The summed E-state index contributed by atoms with van der Waals surface area (Å²) in [5.74, 6) is -0.884. The monoisotopic (exact) mass is 249 g/mol. The second-order valence-electron chi connectivity index (χ2n) is 3.88. The molecule has 0 radical (unpaired) electrons. The van der Waals surface area contributed by atoms with Crippen molar-refractivity contribution in [3.8, 4) is 0 Å². The first-order valence-corrected chi connectivity index (χ1v) is 5.70. The largest absolute Gasteiger partial charge is 0.481 e. The molecule has 18 heavy (non-hydrogen) atoms. The van der Waals surface area contributed by atoms with Crippen molar-refractivity contribution < 1.29 is 14.8 Å². The topological polar surface area (TPSA) is 80.4 Å². The highest BCUT2D eigenvalue weighted by Crippen LogP contribution is 2.23. The number of rotatable bonds is 6. The van der Waals surface area contributed by atoms with Gasteiger partial charge in [0.2, 0.25) is 0 Å². The number of hydrogen-bond donors (Lipinski definition) is 1. The van der Waals surface area contributed by atoms with E-state index in [0.29, 0.717) is 0 Å². The minimum atomic E-state index is -0.884. The number of aliphatic carboxylic acids is 1. The summed E-state index contributed by atoms with van der Waals surface area (Å²) in [6, 6.07) is 6.17. The number of nitrogens with zero attached hydrogens (tertiary/aromatic N) is 1. The Bertz CT molecular complexity index is 462. The molecule has 0 saturated carbocycles. The predicted molar refractivity (Wildman–Crippen MR) is 68.2 cm³/mol. The Labute approximate surface area is 105 Å². The SMILES string of the molecule is CCC/C(=C\CC(=O)O)c1ccc([N+](=O)[O-])cc1. The third-order valence-electron chi connectivity index (χ3n) is 2.49. The Hall–Kier alpha value is -2.17. The standard InChI is InChI=1S/C13H15NO4/c1-2-3-10(6-9-13(15)16)11-4-7-12(8-5-11)14(17)18/h4-8H,2-3,9H2,1H3,(H,15,16)/b10-6+. The zero-order valence-corrected chi connectivity index (χ0v) is 10.1. The molecule has 0 aliphatic rings. The molecule has 5 nitrogen and oxygen atoms in total. The second-order valence-corrected chi connectivity index (χ2v) is 3.88. The van der Waals surface area contributed by atoms with Gasteiger partial charge in [0.25, 0.3) is 5.69 Å². The number of nitro groups is 1. The zero-order chi connectivity index (χ0) is 13.5. The molecule has 0 bridgehead atoms. The number of carbonyl (C=O) groups is 1. The first-order valence-electron chi connectivity index (χ1n) is 5.70. The lowest BCUT2D eigenvalue weighted by atomic mass is 10.00. The number of non-ortho nitro benzene ring substituents is 1. The lowest BCUT2D eigenvalue weighted by Crippen LogP contribution is -1.93.